The van der Waals surface area contributed by atoms with Crippen LogP contribution < -0.4 is 0 Å². The quantitative estimate of drug-likeness (QED) is 0.703. The molecular formula is C9H7FN2O. The van der Waals surface area contributed by atoms with Gasteiger partial charge < -0.3 is 4.52 Å². The summed E-state index contributed by atoms with van der Waals surface area (Å²) in [6.07, 6.45) is 2.14. The van der Waals surface area contributed by atoms with E-state index in [0.29, 0.717) is 12.2 Å². The van der Waals surface area contributed by atoms with E-state index in [2.05, 4.69) is 10.4 Å². The second-order valence-corrected chi connectivity index (χ2v) is 2.69. The van der Waals surface area contributed by atoms with Gasteiger partial charge in [0.2, 0.25) is 0 Å². The lowest BCUT2D eigenvalue weighted by Crippen LogP contribution is -1.85. The lowest BCUT2D eigenvalue weighted by Gasteiger charge is -1.95. The molecule has 0 saturated carbocycles. The van der Waals surface area contributed by atoms with Gasteiger partial charge in [-0.3, -0.25) is 0 Å². The molecule has 0 atom stereocenters. The van der Waals surface area contributed by atoms with Crippen LogP contribution in [-0.4, -0.2) is 10.4 Å². The Hall–Kier alpha value is -1.71. The van der Waals surface area contributed by atoms with Crippen LogP contribution in [0.2, 0.25) is 0 Å². The minimum Gasteiger partial charge on any atom is -0.342 e. The van der Waals surface area contributed by atoms with E-state index in [1.165, 1.54) is 12.1 Å². The van der Waals surface area contributed by atoms with Crippen molar-refractivity contribution in [3.63, 3.8) is 0 Å². The molecule has 2 rings (SSSR count). The minimum atomic E-state index is -0.237. The van der Waals surface area contributed by atoms with E-state index in [-0.39, 0.29) is 5.82 Å². The normalized spacial score (nSPS) is 10.2. The molecule has 0 amide bonds. The number of benzene rings is 1. The van der Waals surface area contributed by atoms with Gasteiger partial charge in [0.15, 0.2) is 5.76 Å². The molecule has 0 N–H and O–H groups in total. The highest BCUT2D eigenvalue weighted by Crippen LogP contribution is 2.08. The Labute approximate surface area is 74.2 Å². The highest BCUT2D eigenvalue weighted by atomic mass is 19.1. The van der Waals surface area contributed by atoms with E-state index in [0.717, 1.165) is 5.56 Å². The maximum Gasteiger partial charge on any atom is 0.161 e. The summed E-state index contributed by atoms with van der Waals surface area (Å²) in [5.41, 5.74) is 0.972. The van der Waals surface area contributed by atoms with E-state index in [1.807, 2.05) is 0 Å². The van der Waals surface area contributed by atoms with E-state index < -0.39 is 0 Å². The zero-order chi connectivity index (χ0) is 9.10. The molecule has 0 aliphatic carbocycles. The van der Waals surface area contributed by atoms with Crippen LogP contribution in [0.25, 0.3) is 0 Å². The molecule has 0 bridgehead atoms. The first-order valence-corrected chi connectivity index (χ1v) is 3.85. The van der Waals surface area contributed by atoms with Crippen LogP contribution in [0, 0.1) is 5.82 Å². The van der Waals surface area contributed by atoms with Crippen LogP contribution in [0.4, 0.5) is 4.39 Å². The summed E-state index contributed by atoms with van der Waals surface area (Å²) < 4.78 is 17.3. The Kier molecular flexibility index (Phi) is 2.04. The summed E-state index contributed by atoms with van der Waals surface area (Å²) in [5, 5.41) is 6.88. The summed E-state index contributed by atoms with van der Waals surface area (Å²) in [7, 11) is 0. The second-order valence-electron chi connectivity index (χ2n) is 2.69. The van der Waals surface area contributed by atoms with Crippen LogP contribution in [0.1, 0.15) is 11.3 Å². The van der Waals surface area contributed by atoms with Crippen LogP contribution in [0.15, 0.2) is 35.0 Å². The summed E-state index contributed by atoms with van der Waals surface area (Å²) in [5.74, 6) is 0.436. The van der Waals surface area contributed by atoms with Crippen molar-refractivity contribution in [3.8, 4) is 0 Å². The van der Waals surface area contributed by atoms with Crippen molar-refractivity contribution in [2.75, 3.05) is 0 Å². The van der Waals surface area contributed by atoms with Crippen molar-refractivity contribution in [3.05, 3.63) is 47.6 Å². The average molecular weight is 178 g/mol. The van der Waals surface area contributed by atoms with Gasteiger partial charge >= 0.3 is 0 Å². The minimum absolute atomic E-state index is 0.237. The van der Waals surface area contributed by atoms with Gasteiger partial charge in [0.25, 0.3) is 0 Å². The lowest BCUT2D eigenvalue weighted by atomic mass is 10.1. The Morgan fingerprint density at radius 1 is 1.23 bits per heavy atom. The van der Waals surface area contributed by atoms with Crippen molar-refractivity contribution in [1.29, 1.82) is 0 Å². The van der Waals surface area contributed by atoms with Gasteiger partial charge in [0.05, 0.1) is 6.20 Å². The summed E-state index contributed by atoms with van der Waals surface area (Å²) in [6.45, 7) is 0. The van der Waals surface area contributed by atoms with Crippen molar-refractivity contribution in [2.45, 2.75) is 6.42 Å². The van der Waals surface area contributed by atoms with Gasteiger partial charge in [-0.1, -0.05) is 12.1 Å². The maximum absolute atomic E-state index is 12.5. The molecule has 66 valence electrons. The van der Waals surface area contributed by atoms with Crippen LogP contribution in [0.3, 0.4) is 0 Å². The third-order valence-corrected chi connectivity index (χ3v) is 1.70. The number of hydrogen-bond donors (Lipinski definition) is 0. The fraction of sp³-hybridized carbons (Fsp3) is 0.111. The molecule has 0 aliphatic rings. The molecule has 4 heteroatoms. The fourth-order valence-corrected chi connectivity index (χ4v) is 1.07. The fourth-order valence-electron chi connectivity index (χ4n) is 1.07. The summed E-state index contributed by atoms with van der Waals surface area (Å²) in [6, 6.07) is 6.24. The Balaban J connectivity index is 2.15. The van der Waals surface area contributed by atoms with Crippen LogP contribution >= 0.6 is 0 Å². The predicted octanol–water partition coefficient (Wildman–Crippen LogP) is 1.80. The monoisotopic (exact) mass is 178 g/mol. The van der Waals surface area contributed by atoms with Gasteiger partial charge in [-0.2, -0.15) is 0 Å². The third-order valence-electron chi connectivity index (χ3n) is 1.70. The zero-order valence-electron chi connectivity index (χ0n) is 6.77. The molecular weight excluding hydrogens is 171 g/mol. The number of nitrogens with zero attached hydrogens (tertiary/aromatic N) is 2. The summed E-state index contributed by atoms with van der Waals surface area (Å²) >= 11 is 0. The van der Waals surface area contributed by atoms with E-state index >= 15 is 0 Å². The molecule has 0 spiro atoms. The maximum atomic E-state index is 12.5. The third kappa shape index (κ3) is 1.90. The Morgan fingerprint density at radius 3 is 2.62 bits per heavy atom. The van der Waals surface area contributed by atoms with E-state index in [9.17, 15) is 4.39 Å². The van der Waals surface area contributed by atoms with Gasteiger partial charge in [-0.15, -0.1) is 5.10 Å². The first-order chi connectivity index (χ1) is 6.34. The van der Waals surface area contributed by atoms with Crippen LogP contribution in [-0.2, 0) is 6.42 Å². The molecule has 0 fully saturated rings. The first-order valence-electron chi connectivity index (χ1n) is 3.85. The highest BCUT2D eigenvalue weighted by molar-refractivity contribution is 5.19. The number of rotatable bonds is 2. The molecule has 1 heterocycles. The van der Waals surface area contributed by atoms with E-state index in [4.69, 9.17) is 4.52 Å². The van der Waals surface area contributed by atoms with Crippen molar-refractivity contribution >= 4 is 0 Å². The SMILES string of the molecule is Fc1ccc(Cc2cnno2)cc1. The lowest BCUT2D eigenvalue weighted by molar-refractivity contribution is 0.367. The Morgan fingerprint density at radius 2 is 2.00 bits per heavy atom. The molecule has 0 aliphatic heterocycles. The smallest absolute Gasteiger partial charge is 0.161 e. The molecule has 0 unspecified atom stereocenters. The van der Waals surface area contributed by atoms with Gasteiger partial charge in [-0.25, -0.2) is 4.39 Å². The molecule has 1 aromatic heterocycles. The molecule has 13 heavy (non-hydrogen) atoms. The predicted molar refractivity (Wildman–Crippen MR) is 43.5 cm³/mol. The first kappa shape index (κ1) is 7.91. The zero-order valence-corrected chi connectivity index (χ0v) is 6.77. The molecule has 0 radical (unpaired) electrons. The largest absolute Gasteiger partial charge is 0.342 e. The topological polar surface area (TPSA) is 38.9 Å². The van der Waals surface area contributed by atoms with Crippen molar-refractivity contribution in [2.24, 2.45) is 0 Å². The van der Waals surface area contributed by atoms with Gasteiger partial charge in [0.1, 0.15) is 5.82 Å². The molecule has 2 aromatic rings. The molecule has 1 aromatic carbocycles. The highest BCUT2D eigenvalue weighted by Gasteiger charge is 2.00. The van der Waals surface area contributed by atoms with Gasteiger partial charge in [0, 0.05) is 11.7 Å². The average Bonchev–Trinajstić information content (AvgIpc) is 2.62. The molecule has 3 nitrogen and oxygen atoms in total. The van der Waals surface area contributed by atoms with Crippen molar-refractivity contribution in [1.82, 2.24) is 10.4 Å². The second kappa shape index (κ2) is 3.35. The van der Waals surface area contributed by atoms with Crippen molar-refractivity contribution < 1.29 is 8.91 Å². The molecule has 0 saturated heterocycles. The van der Waals surface area contributed by atoms with Gasteiger partial charge in [-0.05, 0) is 17.7 Å². The Bertz CT molecular complexity index is 369. The summed E-state index contributed by atoms with van der Waals surface area (Å²) in [4.78, 5) is 0. The van der Waals surface area contributed by atoms with E-state index in [1.54, 1.807) is 18.3 Å². The van der Waals surface area contributed by atoms with Crippen LogP contribution in [0.5, 0.6) is 0 Å². The number of aromatic nitrogens is 2. The number of hydrogen-bond acceptors (Lipinski definition) is 3. The standard InChI is InChI=1S/C9H7FN2O/c10-8-3-1-7(2-4-8)5-9-6-11-12-13-9/h1-4,6H,5H2. The number of halogens is 1.